The van der Waals surface area contributed by atoms with Gasteiger partial charge in [-0.05, 0) is 94.1 Å². The van der Waals surface area contributed by atoms with Crippen LogP contribution >= 0.6 is 0 Å². The molecule has 7 rings (SSSR count). The van der Waals surface area contributed by atoms with E-state index in [4.69, 9.17) is 4.99 Å². The van der Waals surface area contributed by atoms with Crippen molar-refractivity contribution in [3.63, 3.8) is 0 Å². The first-order valence-electron chi connectivity index (χ1n) is 10.9. The van der Waals surface area contributed by atoms with Crippen molar-refractivity contribution in [3.05, 3.63) is 111 Å². The van der Waals surface area contributed by atoms with Gasteiger partial charge >= 0.3 is 0 Å². The monoisotopic (exact) mass is 385 g/mol. The Labute approximate surface area is 177 Å². The highest BCUT2D eigenvalue weighted by atomic mass is 14.8. The third-order valence-electron chi connectivity index (χ3n) is 7.57. The lowest BCUT2D eigenvalue weighted by molar-refractivity contribution is 0.908. The summed E-state index contributed by atoms with van der Waals surface area (Å²) < 4.78 is 0. The molecular weight excluding hydrogens is 362 g/mol. The molecule has 0 N–H and O–H groups in total. The first kappa shape index (κ1) is 16.6. The van der Waals surface area contributed by atoms with Crippen LogP contribution in [0.5, 0.6) is 0 Å². The van der Waals surface area contributed by atoms with E-state index in [1.165, 1.54) is 66.7 Å². The van der Waals surface area contributed by atoms with Gasteiger partial charge in [0, 0.05) is 11.6 Å². The third-order valence-corrected chi connectivity index (χ3v) is 7.57. The summed E-state index contributed by atoms with van der Waals surface area (Å²) in [5, 5.41) is 2.98. The average Bonchev–Trinajstić information content (AvgIpc) is 3.12. The second kappa shape index (κ2) is 5.49. The minimum atomic E-state index is 0.222. The number of rotatable bonds is 1. The van der Waals surface area contributed by atoms with E-state index in [1.807, 2.05) is 0 Å². The van der Waals surface area contributed by atoms with Gasteiger partial charge in [0.1, 0.15) is 0 Å². The van der Waals surface area contributed by atoms with Crippen LogP contribution in [0.1, 0.15) is 61.9 Å². The van der Waals surface area contributed by atoms with Gasteiger partial charge in [0.15, 0.2) is 0 Å². The first-order valence-corrected chi connectivity index (χ1v) is 10.9. The fraction of sp³-hybridized carbons (Fsp3) is 0.207. The molecule has 1 heterocycles. The molecule has 4 aromatic carbocycles. The fourth-order valence-corrected chi connectivity index (χ4v) is 6.61. The van der Waals surface area contributed by atoms with Gasteiger partial charge in [-0.15, -0.1) is 0 Å². The molecule has 4 aromatic rings. The minimum absolute atomic E-state index is 0.222. The second-order valence-corrected chi connectivity index (χ2v) is 9.28. The summed E-state index contributed by atoms with van der Waals surface area (Å²) in [6.07, 6.45) is 1.02. The second-order valence-electron chi connectivity index (χ2n) is 9.28. The summed E-state index contributed by atoms with van der Waals surface area (Å²) >= 11 is 0. The Hall–Kier alpha value is -3.19. The smallest absolute Gasteiger partial charge is 0.0674 e. The molecule has 0 saturated heterocycles. The molecule has 2 atom stereocenters. The van der Waals surface area contributed by atoms with Crippen LogP contribution in [0.15, 0.2) is 65.7 Å². The standard InChI is InChI=1S/C29H23N/c1-15-12-16(2)23-26(18-8-5-4-6-9-18)29-28-24-19(10-7-11-21(24)30-29)14-20-13-17(3)22(15)27(23)25(20)28/h4-13,26,28H,14H2,1-3H3. The Kier molecular flexibility index (Phi) is 3.03. The van der Waals surface area contributed by atoms with E-state index in [0.29, 0.717) is 5.92 Å². The predicted molar refractivity (Wildman–Crippen MR) is 125 cm³/mol. The van der Waals surface area contributed by atoms with E-state index in [-0.39, 0.29) is 5.92 Å². The first-order chi connectivity index (χ1) is 14.6. The zero-order valence-electron chi connectivity index (χ0n) is 17.6. The molecule has 1 aliphatic heterocycles. The van der Waals surface area contributed by atoms with E-state index < -0.39 is 0 Å². The Morgan fingerprint density at radius 3 is 2.30 bits per heavy atom. The molecule has 0 radical (unpaired) electrons. The van der Waals surface area contributed by atoms with E-state index in [1.54, 1.807) is 5.56 Å². The van der Waals surface area contributed by atoms with Gasteiger partial charge in [0.05, 0.1) is 11.6 Å². The van der Waals surface area contributed by atoms with Crippen molar-refractivity contribution >= 4 is 22.2 Å². The van der Waals surface area contributed by atoms with Crippen LogP contribution in [-0.2, 0) is 6.42 Å². The van der Waals surface area contributed by atoms with Gasteiger partial charge in [0.2, 0.25) is 0 Å². The summed E-state index contributed by atoms with van der Waals surface area (Å²) in [6.45, 7) is 6.87. The molecule has 3 aliphatic rings. The summed E-state index contributed by atoms with van der Waals surface area (Å²) in [6, 6.07) is 22.6. The molecule has 0 aromatic heterocycles. The quantitative estimate of drug-likeness (QED) is 0.333. The molecule has 0 amide bonds. The predicted octanol–water partition coefficient (Wildman–Crippen LogP) is 7.03. The van der Waals surface area contributed by atoms with Crippen molar-refractivity contribution in [2.24, 2.45) is 4.99 Å². The lowest BCUT2D eigenvalue weighted by Gasteiger charge is -2.38. The summed E-state index contributed by atoms with van der Waals surface area (Å²) in [5.41, 5.74) is 15.5. The topological polar surface area (TPSA) is 12.4 Å². The average molecular weight is 386 g/mol. The zero-order chi connectivity index (χ0) is 20.1. The van der Waals surface area contributed by atoms with E-state index in [0.717, 1.165) is 6.42 Å². The molecule has 30 heavy (non-hydrogen) atoms. The highest BCUT2D eigenvalue weighted by molar-refractivity contribution is 6.16. The summed E-state index contributed by atoms with van der Waals surface area (Å²) in [4.78, 5) is 5.31. The molecule has 0 bridgehead atoms. The van der Waals surface area contributed by atoms with E-state index in [9.17, 15) is 0 Å². The van der Waals surface area contributed by atoms with Crippen LogP contribution in [-0.4, -0.2) is 5.71 Å². The van der Waals surface area contributed by atoms with Gasteiger partial charge < -0.3 is 0 Å². The maximum Gasteiger partial charge on any atom is 0.0674 e. The van der Waals surface area contributed by atoms with Crippen molar-refractivity contribution in [3.8, 4) is 0 Å². The molecule has 1 nitrogen and oxygen atoms in total. The largest absolute Gasteiger partial charge is 0.255 e. The lowest BCUT2D eigenvalue weighted by atomic mass is 9.64. The van der Waals surface area contributed by atoms with Crippen molar-refractivity contribution in [1.82, 2.24) is 0 Å². The molecule has 0 spiro atoms. The van der Waals surface area contributed by atoms with Gasteiger partial charge in [0.25, 0.3) is 0 Å². The molecule has 1 heteroatoms. The molecule has 2 aliphatic carbocycles. The fourth-order valence-electron chi connectivity index (χ4n) is 6.61. The van der Waals surface area contributed by atoms with Crippen LogP contribution in [0.2, 0.25) is 0 Å². The highest BCUT2D eigenvalue weighted by Crippen LogP contribution is 2.57. The lowest BCUT2D eigenvalue weighted by Crippen LogP contribution is -2.29. The molecule has 144 valence electrons. The van der Waals surface area contributed by atoms with Crippen molar-refractivity contribution in [2.45, 2.75) is 39.0 Å². The van der Waals surface area contributed by atoms with Gasteiger partial charge in [-0.2, -0.15) is 0 Å². The normalized spacial score (nSPS) is 19.9. The zero-order valence-corrected chi connectivity index (χ0v) is 17.6. The number of nitrogens with zero attached hydrogens (tertiary/aromatic N) is 1. The number of hydrogen-bond donors (Lipinski definition) is 0. The highest BCUT2D eigenvalue weighted by Gasteiger charge is 2.45. The SMILES string of the molecule is Cc1cc(C)c2c(C)cc3c4c2c1C(c1ccccc1)C1=Nc2cccc(c2C14)C3. The van der Waals surface area contributed by atoms with Crippen LogP contribution in [0.25, 0.3) is 10.8 Å². The molecule has 0 fully saturated rings. The van der Waals surface area contributed by atoms with Gasteiger partial charge in [-0.25, -0.2) is 0 Å². The Morgan fingerprint density at radius 1 is 0.667 bits per heavy atom. The van der Waals surface area contributed by atoms with Gasteiger partial charge in [-0.1, -0.05) is 54.6 Å². The maximum atomic E-state index is 5.31. The molecule has 2 unspecified atom stereocenters. The van der Waals surface area contributed by atoms with Crippen molar-refractivity contribution < 1.29 is 0 Å². The maximum absolute atomic E-state index is 5.31. The Morgan fingerprint density at radius 2 is 1.47 bits per heavy atom. The van der Waals surface area contributed by atoms with Gasteiger partial charge in [-0.3, -0.25) is 4.99 Å². The number of benzene rings is 4. The van der Waals surface area contributed by atoms with Crippen LogP contribution < -0.4 is 0 Å². The minimum Gasteiger partial charge on any atom is -0.255 e. The summed E-state index contributed by atoms with van der Waals surface area (Å²) in [5.74, 6) is 0.529. The summed E-state index contributed by atoms with van der Waals surface area (Å²) in [7, 11) is 0. The van der Waals surface area contributed by atoms with E-state index in [2.05, 4.69) is 81.4 Å². The Bertz CT molecular complexity index is 1440. The number of aliphatic imine (C=N–C) groups is 1. The molecule has 0 saturated carbocycles. The number of hydrogen-bond acceptors (Lipinski definition) is 1. The van der Waals surface area contributed by atoms with Crippen molar-refractivity contribution in [2.75, 3.05) is 0 Å². The van der Waals surface area contributed by atoms with Crippen LogP contribution in [0.4, 0.5) is 5.69 Å². The van der Waals surface area contributed by atoms with Crippen LogP contribution in [0.3, 0.4) is 0 Å². The van der Waals surface area contributed by atoms with E-state index >= 15 is 0 Å². The number of aryl methyl sites for hydroxylation is 3. The van der Waals surface area contributed by atoms with Crippen LogP contribution in [0, 0.1) is 20.8 Å². The third kappa shape index (κ3) is 1.87. The van der Waals surface area contributed by atoms with Crippen molar-refractivity contribution in [1.29, 1.82) is 0 Å². The molecular formula is C29H23N. The Balaban J connectivity index is 1.72.